The number of aryl methyl sites for hydroxylation is 1. The first kappa shape index (κ1) is 19.2. The molecule has 2 N–H and O–H groups in total. The molecule has 24 heavy (non-hydrogen) atoms. The van der Waals surface area contributed by atoms with Crippen molar-refractivity contribution in [2.24, 2.45) is 0 Å². The number of nitrogens with one attached hydrogen (secondary N) is 1. The Labute approximate surface area is 138 Å². The molecule has 0 heterocycles. The van der Waals surface area contributed by atoms with Gasteiger partial charge in [-0.15, -0.1) is 0 Å². The predicted octanol–water partition coefficient (Wildman–Crippen LogP) is 2.26. The van der Waals surface area contributed by atoms with Crippen LogP contribution >= 0.6 is 0 Å². The Kier molecular flexibility index (Phi) is 6.10. The number of nitro groups is 1. The maximum absolute atomic E-state index is 11.7. The number of benzene rings is 1. The van der Waals surface area contributed by atoms with E-state index in [1.807, 2.05) is 0 Å². The molecule has 0 bridgehead atoms. The molecular weight excluding hydrogens is 320 g/mol. The average Bonchev–Trinajstić information content (AvgIpc) is 2.41. The van der Waals surface area contributed by atoms with Crippen LogP contribution in [0.1, 0.15) is 26.3 Å². The van der Waals surface area contributed by atoms with E-state index in [2.05, 4.69) is 5.32 Å². The fourth-order valence-corrected chi connectivity index (χ4v) is 1.76. The van der Waals surface area contributed by atoms with Crippen LogP contribution < -0.4 is 10.1 Å². The van der Waals surface area contributed by atoms with Crippen molar-refractivity contribution < 1.29 is 29.1 Å². The summed E-state index contributed by atoms with van der Waals surface area (Å²) in [6.07, 6.45) is -0.919. The zero-order valence-corrected chi connectivity index (χ0v) is 13.9. The summed E-state index contributed by atoms with van der Waals surface area (Å²) in [5.74, 6) is -1.39. The first-order valence-electron chi connectivity index (χ1n) is 7.10. The van der Waals surface area contributed by atoms with Gasteiger partial charge in [-0.2, -0.15) is 0 Å². The van der Waals surface area contributed by atoms with Crippen molar-refractivity contribution in [3.05, 3.63) is 33.9 Å². The van der Waals surface area contributed by atoms with Crippen LogP contribution in [0.15, 0.2) is 18.2 Å². The van der Waals surface area contributed by atoms with Gasteiger partial charge in [-0.3, -0.25) is 10.1 Å². The molecule has 1 atom stereocenters. The van der Waals surface area contributed by atoms with Crippen molar-refractivity contribution in [3.63, 3.8) is 0 Å². The Morgan fingerprint density at radius 1 is 1.38 bits per heavy atom. The van der Waals surface area contributed by atoms with E-state index in [9.17, 15) is 19.7 Å². The third kappa shape index (κ3) is 5.75. The summed E-state index contributed by atoms with van der Waals surface area (Å²) in [5.41, 5.74) is -0.593. The van der Waals surface area contributed by atoms with Gasteiger partial charge < -0.3 is 19.9 Å². The van der Waals surface area contributed by atoms with Crippen molar-refractivity contribution >= 4 is 17.7 Å². The topological polar surface area (TPSA) is 128 Å². The molecule has 0 fully saturated rings. The number of carbonyl (C=O) groups is 2. The molecule has 9 nitrogen and oxygen atoms in total. The Balaban J connectivity index is 2.84. The monoisotopic (exact) mass is 340 g/mol. The normalized spacial score (nSPS) is 12.2. The summed E-state index contributed by atoms with van der Waals surface area (Å²) in [7, 11) is 0. The van der Waals surface area contributed by atoms with Gasteiger partial charge >= 0.3 is 17.7 Å². The van der Waals surface area contributed by atoms with Gasteiger partial charge in [-0.25, -0.2) is 9.59 Å². The molecule has 1 aromatic carbocycles. The molecule has 0 aromatic heterocycles. The standard InChI is InChI=1S/C15H20N2O7/c1-9-6-5-7-11(17(21)22)12(9)23-8-10(13(18)19)16-14(20)24-15(2,3)4/h5-7,10H,8H2,1-4H3,(H,16,20)(H,18,19). The molecular formula is C15H20N2O7. The van der Waals surface area contributed by atoms with E-state index >= 15 is 0 Å². The number of nitro benzene ring substituents is 1. The van der Waals surface area contributed by atoms with E-state index in [0.29, 0.717) is 5.56 Å². The Bertz CT molecular complexity index is 637. The van der Waals surface area contributed by atoms with Crippen LogP contribution in [0.4, 0.5) is 10.5 Å². The molecule has 0 spiro atoms. The van der Waals surface area contributed by atoms with Crippen LogP contribution in [0.3, 0.4) is 0 Å². The van der Waals surface area contributed by atoms with Crippen LogP contribution in [-0.2, 0) is 9.53 Å². The molecule has 1 unspecified atom stereocenters. The Morgan fingerprint density at radius 2 is 2.00 bits per heavy atom. The summed E-state index contributed by atoms with van der Waals surface area (Å²) in [6, 6.07) is 2.92. The Hall–Kier alpha value is -2.84. The zero-order valence-electron chi connectivity index (χ0n) is 13.9. The lowest BCUT2D eigenvalue weighted by molar-refractivity contribution is -0.385. The molecule has 0 aliphatic rings. The molecule has 0 radical (unpaired) electrons. The van der Waals surface area contributed by atoms with E-state index in [-0.39, 0.29) is 11.4 Å². The third-order valence-corrected chi connectivity index (χ3v) is 2.77. The highest BCUT2D eigenvalue weighted by atomic mass is 16.6. The molecule has 1 rings (SSSR count). The number of amides is 1. The summed E-state index contributed by atoms with van der Waals surface area (Å²) in [5, 5.41) is 22.3. The maximum Gasteiger partial charge on any atom is 0.408 e. The number of hydrogen-bond donors (Lipinski definition) is 2. The van der Waals surface area contributed by atoms with Gasteiger partial charge in [0.1, 0.15) is 12.2 Å². The van der Waals surface area contributed by atoms with E-state index in [4.69, 9.17) is 14.6 Å². The fraction of sp³-hybridized carbons (Fsp3) is 0.467. The zero-order chi connectivity index (χ0) is 18.5. The van der Waals surface area contributed by atoms with Gasteiger partial charge in [0.2, 0.25) is 0 Å². The molecule has 1 amide bonds. The molecule has 9 heteroatoms. The first-order chi connectivity index (χ1) is 11.0. The molecule has 0 aliphatic heterocycles. The second-order valence-electron chi connectivity index (χ2n) is 6.03. The highest BCUT2D eigenvalue weighted by Gasteiger charge is 2.26. The largest absolute Gasteiger partial charge is 0.484 e. The van der Waals surface area contributed by atoms with Crippen molar-refractivity contribution in [3.8, 4) is 5.75 Å². The maximum atomic E-state index is 11.7. The number of rotatable bonds is 6. The van der Waals surface area contributed by atoms with E-state index in [1.54, 1.807) is 33.8 Å². The number of para-hydroxylation sites is 1. The van der Waals surface area contributed by atoms with E-state index in [1.165, 1.54) is 12.1 Å². The lowest BCUT2D eigenvalue weighted by Crippen LogP contribution is -2.46. The van der Waals surface area contributed by atoms with Gasteiger partial charge in [-0.05, 0) is 33.3 Å². The van der Waals surface area contributed by atoms with E-state index < -0.39 is 35.2 Å². The predicted molar refractivity (Wildman–Crippen MR) is 84.1 cm³/mol. The highest BCUT2D eigenvalue weighted by molar-refractivity contribution is 5.80. The summed E-state index contributed by atoms with van der Waals surface area (Å²) >= 11 is 0. The molecule has 0 saturated heterocycles. The van der Waals surface area contributed by atoms with Crippen LogP contribution in [0.2, 0.25) is 0 Å². The van der Waals surface area contributed by atoms with Crippen molar-refractivity contribution in [2.75, 3.05) is 6.61 Å². The molecule has 0 aliphatic carbocycles. The smallest absolute Gasteiger partial charge is 0.408 e. The first-order valence-corrected chi connectivity index (χ1v) is 7.10. The minimum absolute atomic E-state index is 0.0419. The van der Waals surface area contributed by atoms with Crippen LogP contribution in [0.5, 0.6) is 5.75 Å². The number of hydrogen-bond acceptors (Lipinski definition) is 6. The average molecular weight is 340 g/mol. The van der Waals surface area contributed by atoms with Gasteiger partial charge in [0.05, 0.1) is 4.92 Å². The van der Waals surface area contributed by atoms with Crippen LogP contribution in [0, 0.1) is 17.0 Å². The number of carbonyl (C=O) groups excluding carboxylic acids is 1. The summed E-state index contributed by atoms with van der Waals surface area (Å²) < 4.78 is 10.3. The van der Waals surface area contributed by atoms with Crippen LogP contribution in [-0.4, -0.2) is 40.3 Å². The number of carboxylic acids is 1. The number of carboxylic acid groups (broad SMARTS) is 1. The number of ether oxygens (including phenoxy) is 2. The quantitative estimate of drug-likeness (QED) is 0.600. The van der Waals surface area contributed by atoms with Crippen LogP contribution in [0.25, 0.3) is 0 Å². The lowest BCUT2D eigenvalue weighted by Gasteiger charge is -2.22. The van der Waals surface area contributed by atoms with Crippen molar-refractivity contribution in [2.45, 2.75) is 39.3 Å². The van der Waals surface area contributed by atoms with Gasteiger partial charge in [0.15, 0.2) is 11.8 Å². The number of nitrogens with zero attached hydrogens (tertiary/aromatic N) is 1. The summed E-state index contributed by atoms with van der Waals surface area (Å²) in [4.78, 5) is 33.3. The van der Waals surface area contributed by atoms with E-state index in [0.717, 1.165) is 0 Å². The number of alkyl carbamates (subject to hydrolysis) is 1. The SMILES string of the molecule is Cc1cccc([N+](=O)[O-])c1OCC(NC(=O)OC(C)(C)C)C(=O)O. The second-order valence-corrected chi connectivity index (χ2v) is 6.03. The minimum atomic E-state index is -1.42. The molecule has 0 saturated carbocycles. The van der Waals surface area contributed by atoms with Gasteiger partial charge in [0, 0.05) is 6.07 Å². The van der Waals surface area contributed by atoms with Gasteiger partial charge in [0.25, 0.3) is 0 Å². The molecule has 1 aromatic rings. The Morgan fingerprint density at radius 3 is 2.50 bits per heavy atom. The second kappa shape index (κ2) is 7.62. The lowest BCUT2D eigenvalue weighted by atomic mass is 10.2. The fourth-order valence-electron chi connectivity index (χ4n) is 1.76. The van der Waals surface area contributed by atoms with Gasteiger partial charge in [-0.1, -0.05) is 12.1 Å². The highest BCUT2D eigenvalue weighted by Crippen LogP contribution is 2.30. The number of aliphatic carboxylic acids is 1. The van der Waals surface area contributed by atoms with Crippen molar-refractivity contribution in [1.29, 1.82) is 0 Å². The molecule has 132 valence electrons. The minimum Gasteiger partial charge on any atom is -0.484 e. The summed E-state index contributed by atoms with van der Waals surface area (Å²) in [6.45, 7) is 6.01. The van der Waals surface area contributed by atoms with Crippen molar-refractivity contribution in [1.82, 2.24) is 5.32 Å². The third-order valence-electron chi connectivity index (χ3n) is 2.77.